The molecule has 0 saturated heterocycles. The number of hydrogen-bond acceptors (Lipinski definition) is 6. The Labute approximate surface area is 157 Å². The van der Waals surface area contributed by atoms with Crippen LogP contribution in [0.2, 0.25) is 0 Å². The molecule has 2 rings (SSSR count). The van der Waals surface area contributed by atoms with Crippen molar-refractivity contribution < 1.29 is 32.6 Å². The number of aliphatic carboxylic acids is 1. The maximum Gasteiger partial charge on any atom is 0.318 e. The number of carboxylic acid groups (broad SMARTS) is 1. The van der Waals surface area contributed by atoms with Crippen molar-refractivity contribution in [1.82, 2.24) is 9.21 Å². The zero-order valence-electron chi connectivity index (χ0n) is 15.0. The summed E-state index contributed by atoms with van der Waals surface area (Å²) in [6.07, 6.45) is 0.493. The number of sulfonamides is 1. The molecule has 1 aromatic carbocycles. The number of carboxylic acids is 1. The highest BCUT2D eigenvalue weighted by atomic mass is 32.2. The molecule has 2 amide bonds. The van der Waals surface area contributed by atoms with Crippen molar-refractivity contribution in [2.75, 3.05) is 38.6 Å². The van der Waals surface area contributed by atoms with Crippen LogP contribution in [0.1, 0.15) is 34.1 Å². The summed E-state index contributed by atoms with van der Waals surface area (Å²) in [4.78, 5) is 36.2. The average molecular weight is 398 g/mol. The maximum absolute atomic E-state index is 12.2. The van der Waals surface area contributed by atoms with Gasteiger partial charge in [0.2, 0.25) is 10.0 Å². The number of rotatable bonds is 11. The molecular weight excluding hydrogens is 376 g/mol. The molecule has 0 spiro atoms. The van der Waals surface area contributed by atoms with Crippen LogP contribution in [-0.2, 0) is 19.6 Å². The van der Waals surface area contributed by atoms with E-state index in [2.05, 4.69) is 0 Å². The fourth-order valence-electron chi connectivity index (χ4n) is 2.71. The number of benzene rings is 1. The quantitative estimate of drug-likeness (QED) is 0.424. The Morgan fingerprint density at radius 3 is 2.26 bits per heavy atom. The number of hydrogen-bond donors (Lipinski definition) is 1. The molecule has 0 radical (unpaired) electrons. The minimum atomic E-state index is -3.76. The number of imide groups is 1. The summed E-state index contributed by atoms with van der Waals surface area (Å²) in [5, 5.41) is 8.82. The molecule has 0 bridgehead atoms. The largest absolute Gasteiger partial charge is 0.480 e. The van der Waals surface area contributed by atoms with Gasteiger partial charge in [-0.1, -0.05) is 19.1 Å². The van der Waals surface area contributed by atoms with E-state index in [0.29, 0.717) is 17.5 Å². The predicted molar refractivity (Wildman–Crippen MR) is 95.9 cm³/mol. The number of ether oxygens (including phenoxy) is 1. The lowest BCUT2D eigenvalue weighted by molar-refractivity contribution is -0.137. The Morgan fingerprint density at radius 1 is 1.15 bits per heavy atom. The van der Waals surface area contributed by atoms with E-state index < -0.39 is 34.4 Å². The van der Waals surface area contributed by atoms with Gasteiger partial charge in [-0.15, -0.1) is 0 Å². The van der Waals surface area contributed by atoms with Crippen molar-refractivity contribution in [2.45, 2.75) is 13.3 Å². The Morgan fingerprint density at radius 2 is 1.74 bits per heavy atom. The van der Waals surface area contributed by atoms with E-state index in [0.717, 1.165) is 9.21 Å². The summed E-state index contributed by atoms with van der Waals surface area (Å²) in [5.41, 5.74) is 0.683. The highest BCUT2D eigenvalue weighted by Gasteiger charge is 2.34. The molecule has 0 saturated carbocycles. The van der Waals surface area contributed by atoms with Crippen LogP contribution < -0.4 is 0 Å². The first-order chi connectivity index (χ1) is 12.8. The van der Waals surface area contributed by atoms with Gasteiger partial charge in [0.15, 0.2) is 0 Å². The minimum Gasteiger partial charge on any atom is -0.480 e. The summed E-state index contributed by atoms with van der Waals surface area (Å²) in [7, 11) is -3.76. The van der Waals surface area contributed by atoms with Gasteiger partial charge in [-0.25, -0.2) is 8.42 Å². The van der Waals surface area contributed by atoms with Crippen LogP contribution in [0.4, 0.5) is 0 Å². The molecular formula is C17H22N2O7S. The van der Waals surface area contributed by atoms with E-state index in [9.17, 15) is 22.8 Å². The van der Waals surface area contributed by atoms with Crippen molar-refractivity contribution >= 4 is 27.8 Å². The second kappa shape index (κ2) is 9.07. The van der Waals surface area contributed by atoms with Crippen LogP contribution in [0.3, 0.4) is 0 Å². The first-order valence-corrected chi connectivity index (χ1v) is 10.1. The Kier molecular flexibility index (Phi) is 7.05. The summed E-state index contributed by atoms with van der Waals surface area (Å²) in [6, 6.07) is 6.50. The topological polar surface area (TPSA) is 121 Å². The third kappa shape index (κ3) is 5.12. The summed E-state index contributed by atoms with van der Waals surface area (Å²) in [5.74, 6) is -2.40. The molecule has 1 aromatic rings. The standard InChI is InChI=1S/C17H22N2O7S/c1-2-7-18(12-15(20)21)27(24,25)11-10-26-9-8-19-16(22)13-5-3-4-6-14(13)17(19)23/h3-6H,2,7-12H2,1H3,(H,20,21). The van der Waals surface area contributed by atoms with E-state index in [4.69, 9.17) is 9.84 Å². The third-order valence-electron chi connectivity index (χ3n) is 4.00. The molecule has 148 valence electrons. The second-order valence-electron chi connectivity index (χ2n) is 5.96. The van der Waals surface area contributed by atoms with Crippen molar-refractivity contribution in [3.8, 4) is 0 Å². The molecule has 1 aliphatic rings. The number of carbonyl (C=O) groups is 3. The van der Waals surface area contributed by atoms with Crippen molar-refractivity contribution in [3.63, 3.8) is 0 Å². The smallest absolute Gasteiger partial charge is 0.318 e. The molecule has 1 aliphatic heterocycles. The fraction of sp³-hybridized carbons (Fsp3) is 0.471. The lowest BCUT2D eigenvalue weighted by atomic mass is 10.1. The fourth-order valence-corrected chi connectivity index (χ4v) is 4.06. The molecule has 0 fully saturated rings. The van der Waals surface area contributed by atoms with Gasteiger partial charge in [-0.3, -0.25) is 19.3 Å². The second-order valence-corrected chi connectivity index (χ2v) is 8.05. The van der Waals surface area contributed by atoms with Crippen molar-refractivity contribution in [3.05, 3.63) is 35.4 Å². The first-order valence-electron chi connectivity index (χ1n) is 8.50. The van der Waals surface area contributed by atoms with Crippen molar-refractivity contribution in [2.24, 2.45) is 0 Å². The van der Waals surface area contributed by atoms with Gasteiger partial charge in [-0.05, 0) is 18.6 Å². The monoisotopic (exact) mass is 398 g/mol. The summed E-state index contributed by atoms with van der Waals surface area (Å²) >= 11 is 0. The predicted octanol–water partition coefficient (Wildman–Crippen LogP) is 0.426. The first kappa shape index (κ1) is 21.0. The zero-order valence-corrected chi connectivity index (χ0v) is 15.8. The third-order valence-corrected chi connectivity index (χ3v) is 5.78. The highest BCUT2D eigenvalue weighted by molar-refractivity contribution is 7.89. The Bertz CT molecular complexity index is 787. The van der Waals surface area contributed by atoms with Gasteiger partial charge >= 0.3 is 5.97 Å². The number of fused-ring (bicyclic) bond motifs is 1. The molecule has 1 heterocycles. The average Bonchev–Trinajstić information content (AvgIpc) is 2.86. The van der Waals surface area contributed by atoms with Crippen LogP contribution in [-0.4, -0.2) is 79.1 Å². The zero-order chi connectivity index (χ0) is 20.0. The Balaban J connectivity index is 1.81. The highest BCUT2D eigenvalue weighted by Crippen LogP contribution is 2.21. The van der Waals surface area contributed by atoms with Crippen LogP contribution in [0.25, 0.3) is 0 Å². The van der Waals surface area contributed by atoms with Crippen LogP contribution in [0.15, 0.2) is 24.3 Å². The lowest BCUT2D eigenvalue weighted by Gasteiger charge is -2.19. The normalized spacial score (nSPS) is 14.1. The van der Waals surface area contributed by atoms with E-state index in [1.54, 1.807) is 31.2 Å². The molecule has 1 N–H and O–H groups in total. The SMILES string of the molecule is CCCN(CC(=O)O)S(=O)(=O)CCOCCN1C(=O)c2ccccc2C1=O. The van der Waals surface area contributed by atoms with Crippen molar-refractivity contribution in [1.29, 1.82) is 0 Å². The van der Waals surface area contributed by atoms with Crippen LogP contribution in [0, 0.1) is 0 Å². The van der Waals surface area contributed by atoms with E-state index in [-0.39, 0.29) is 32.1 Å². The van der Waals surface area contributed by atoms with E-state index >= 15 is 0 Å². The molecule has 0 unspecified atom stereocenters. The molecule has 0 aliphatic carbocycles. The maximum atomic E-state index is 12.2. The summed E-state index contributed by atoms with van der Waals surface area (Å²) in [6.45, 7) is 1.12. The van der Waals surface area contributed by atoms with E-state index in [1.165, 1.54) is 0 Å². The van der Waals surface area contributed by atoms with Gasteiger partial charge in [0, 0.05) is 6.54 Å². The van der Waals surface area contributed by atoms with Gasteiger partial charge in [0.1, 0.15) is 6.54 Å². The molecule has 27 heavy (non-hydrogen) atoms. The van der Waals surface area contributed by atoms with Gasteiger partial charge in [0.25, 0.3) is 11.8 Å². The molecule has 9 nitrogen and oxygen atoms in total. The number of nitrogens with zero attached hydrogens (tertiary/aromatic N) is 2. The Hall–Kier alpha value is -2.30. The lowest BCUT2D eigenvalue weighted by Crippen LogP contribution is -2.39. The molecule has 10 heteroatoms. The molecule has 0 atom stereocenters. The van der Waals surface area contributed by atoms with Gasteiger partial charge in [-0.2, -0.15) is 4.31 Å². The van der Waals surface area contributed by atoms with Crippen LogP contribution >= 0.6 is 0 Å². The van der Waals surface area contributed by atoms with Crippen LogP contribution in [0.5, 0.6) is 0 Å². The minimum absolute atomic E-state index is 0.00625. The summed E-state index contributed by atoms with van der Waals surface area (Å²) < 4.78 is 30.6. The van der Waals surface area contributed by atoms with E-state index in [1.807, 2.05) is 0 Å². The van der Waals surface area contributed by atoms with Gasteiger partial charge in [0.05, 0.1) is 36.6 Å². The number of carbonyl (C=O) groups excluding carboxylic acids is 2. The number of amides is 2. The molecule has 0 aromatic heterocycles. The van der Waals surface area contributed by atoms with Gasteiger partial charge < -0.3 is 9.84 Å².